The van der Waals surface area contributed by atoms with Gasteiger partial charge >= 0.3 is 263 Å². The predicted molar refractivity (Wildman–Crippen MR) is 470 cm³/mol. The number of rotatable bonds is 90. The van der Waals surface area contributed by atoms with Gasteiger partial charge < -0.3 is 14.0 Å². The summed E-state index contributed by atoms with van der Waals surface area (Å²) in [6, 6.07) is 0. The molecule has 0 aromatic rings. The maximum absolute atomic E-state index is 12.7. The van der Waals surface area contributed by atoms with Crippen molar-refractivity contribution in [3.05, 3.63) is 0 Å². The van der Waals surface area contributed by atoms with Crippen LogP contribution in [0.4, 0.5) is 0 Å². The Morgan fingerprint density at radius 1 is 0.155 bits per heavy atom. The summed E-state index contributed by atoms with van der Waals surface area (Å²) in [6.07, 6.45) is 98.0. The van der Waals surface area contributed by atoms with Crippen molar-refractivity contribution in [3.8, 4) is 0 Å². The Morgan fingerprint density at radius 3 is 0.373 bits per heavy atom. The Labute approximate surface area is 692 Å². The van der Waals surface area contributed by atoms with Crippen molar-refractivity contribution in [2.75, 3.05) is 0 Å². The van der Waals surface area contributed by atoms with Crippen molar-refractivity contribution in [2.24, 2.45) is 0 Å². The zero-order valence-electron chi connectivity index (χ0n) is 74.3. The summed E-state index contributed by atoms with van der Waals surface area (Å²) in [6.45, 7) is 13.6. The zero-order valence-corrected chi connectivity index (χ0v) is 76.9. The quantitative estimate of drug-likeness (QED) is 0.0420. The molecule has 0 unspecified atom stereocenters. The minimum Gasteiger partial charge on any atom is -0.0654 e. The van der Waals surface area contributed by atoms with E-state index in [1.54, 1.807) is 0 Å². The fourth-order valence-corrected chi connectivity index (χ4v) is 17.3. The molecular formula is C96H186BO12Sb. The second-order valence-corrected chi connectivity index (χ2v) is 36.2. The molecule has 0 fully saturated rings. The molecule has 0 heterocycles. The van der Waals surface area contributed by atoms with E-state index in [0.717, 1.165) is 116 Å². The summed E-state index contributed by atoms with van der Waals surface area (Å²) < 4.78 is 33.0. The van der Waals surface area contributed by atoms with E-state index in [4.69, 9.17) is 23.0 Å². The summed E-state index contributed by atoms with van der Waals surface area (Å²) >= 11 is -3.76. The Balaban J connectivity index is 0. The van der Waals surface area contributed by atoms with Gasteiger partial charge in [-0.15, -0.1) is 0 Å². The van der Waals surface area contributed by atoms with Gasteiger partial charge in [-0.25, -0.2) is 0 Å². The van der Waals surface area contributed by atoms with Gasteiger partial charge in [-0.1, -0.05) is 350 Å². The summed E-state index contributed by atoms with van der Waals surface area (Å²) in [7, 11) is -1.58. The number of hydrogen-bond acceptors (Lipinski definition) is 12. The number of hydrogen-bond donors (Lipinski definition) is 0. The molecule has 12 nitrogen and oxygen atoms in total. The van der Waals surface area contributed by atoms with Gasteiger partial charge in [0.25, 0.3) is 17.9 Å². The number of carbonyl (C=O) groups excluding carboxylic acids is 6. The molecule has 0 aromatic heterocycles. The van der Waals surface area contributed by atoms with Crippen LogP contribution in [-0.2, 0) is 51.8 Å². The molecule has 0 atom stereocenters. The van der Waals surface area contributed by atoms with Crippen LogP contribution in [0.15, 0.2) is 0 Å². The van der Waals surface area contributed by atoms with Crippen LogP contribution in [0.1, 0.15) is 581 Å². The maximum atomic E-state index is 12.7. The summed E-state index contributed by atoms with van der Waals surface area (Å²) in [5.74, 6) is -2.61. The van der Waals surface area contributed by atoms with E-state index >= 15 is 0 Å². The topological polar surface area (TPSA) is 158 Å². The van der Waals surface area contributed by atoms with Crippen LogP contribution in [0.2, 0.25) is 0 Å². The molecule has 0 amide bonds. The minimum atomic E-state index is -3.76. The number of unbranched alkanes of at least 4 members (excludes halogenated alkanes) is 72. The van der Waals surface area contributed by atoms with E-state index in [2.05, 4.69) is 41.5 Å². The zero-order chi connectivity index (χ0) is 80.3. The first kappa shape index (κ1) is 110. The van der Waals surface area contributed by atoms with Crippen LogP contribution in [0.25, 0.3) is 0 Å². The van der Waals surface area contributed by atoms with Crippen molar-refractivity contribution >= 4 is 64.6 Å². The SMILES string of the molecule is CCCCCCCCCCCCCCCC(=O)OB(OC(=O)CCCCCCCCCCCCCCC)OC(=O)CCCCCCCCCCCCCCC.CCCCCCCCCCCCCCCC(=O)[O][Sb]([O]C(=O)CCCCCCCCCCCCCCC)[O]C(=O)CCCCCCCCCCCCCCC. The molecular weight excluding hydrogens is 1480 g/mol. The van der Waals surface area contributed by atoms with Gasteiger partial charge in [0.2, 0.25) is 0 Å². The predicted octanol–water partition coefficient (Wildman–Crippen LogP) is 32.1. The average Bonchev–Trinajstić information content (AvgIpc) is 0.933. The molecule has 0 aromatic carbocycles. The second kappa shape index (κ2) is 95.5. The van der Waals surface area contributed by atoms with E-state index in [9.17, 15) is 28.8 Å². The molecule has 650 valence electrons. The van der Waals surface area contributed by atoms with Gasteiger partial charge in [-0.2, -0.15) is 0 Å². The van der Waals surface area contributed by atoms with Gasteiger partial charge in [0.1, 0.15) is 0 Å². The Morgan fingerprint density at radius 2 is 0.255 bits per heavy atom. The molecule has 0 rings (SSSR count). The molecule has 0 N–H and O–H groups in total. The summed E-state index contributed by atoms with van der Waals surface area (Å²) in [5, 5.41) is 0. The summed E-state index contributed by atoms with van der Waals surface area (Å²) in [5.41, 5.74) is 0. The fraction of sp³-hybridized carbons (Fsp3) is 0.938. The second-order valence-electron chi connectivity index (χ2n) is 33.3. The first-order chi connectivity index (χ1) is 54.1. The minimum absolute atomic E-state index is 0.237. The molecule has 0 aliphatic carbocycles. The van der Waals surface area contributed by atoms with Crippen molar-refractivity contribution < 1.29 is 51.8 Å². The fourth-order valence-electron chi connectivity index (χ4n) is 14.7. The van der Waals surface area contributed by atoms with E-state index in [-0.39, 0.29) is 38.5 Å². The summed E-state index contributed by atoms with van der Waals surface area (Å²) in [4.78, 5) is 76.2. The van der Waals surface area contributed by atoms with Gasteiger partial charge in [-0.3, -0.25) is 14.4 Å². The monoisotopic (exact) mass is 1660 g/mol. The van der Waals surface area contributed by atoms with Gasteiger partial charge in [0, 0.05) is 19.3 Å². The van der Waals surface area contributed by atoms with E-state index in [1.165, 1.54) is 385 Å². The van der Waals surface area contributed by atoms with E-state index in [0.29, 0.717) is 0 Å². The van der Waals surface area contributed by atoms with Crippen LogP contribution in [-0.4, -0.2) is 64.6 Å². The molecule has 0 aliphatic rings. The van der Waals surface area contributed by atoms with Crippen LogP contribution in [0.3, 0.4) is 0 Å². The van der Waals surface area contributed by atoms with Gasteiger partial charge in [0.05, 0.1) is 0 Å². The third kappa shape index (κ3) is 92.9. The Hall–Kier alpha value is -2.30. The third-order valence-corrected chi connectivity index (χ3v) is 25.1. The molecule has 0 spiro atoms. The first-order valence-corrected chi connectivity index (χ1v) is 52.2. The molecule has 0 saturated heterocycles. The van der Waals surface area contributed by atoms with Crippen molar-refractivity contribution in [3.63, 3.8) is 0 Å². The van der Waals surface area contributed by atoms with Gasteiger partial charge in [-0.05, 0) is 19.3 Å². The Bertz CT molecular complexity index is 1570. The smallest absolute Gasteiger partial charge is 0.0654 e. The molecule has 110 heavy (non-hydrogen) atoms. The molecule has 0 bridgehead atoms. The van der Waals surface area contributed by atoms with Crippen LogP contribution >= 0.6 is 0 Å². The van der Waals surface area contributed by atoms with E-state index in [1.807, 2.05) is 0 Å². The molecule has 0 aliphatic heterocycles. The van der Waals surface area contributed by atoms with Crippen LogP contribution < -0.4 is 0 Å². The van der Waals surface area contributed by atoms with E-state index < -0.39 is 64.6 Å². The normalized spacial score (nSPS) is 11.3. The standard InChI is InChI=1S/C48H93BO6.3C16H32O2.Sb/c1-4-7-10-13-16-19-22-25-28-31-34-37-40-43-46(50)53-49(54-47(51)44-41-38-35-32-29-26-23-20-17-14-11-8-5-2)55-48(52)45-42-39-36-33-30-27-24-21-18-15-12-9-6-3;3*1-2-3-4-5-6-7-8-9-10-11-12-13-14-15-16(17)18;/h4-45H2,1-3H3;3*2-15H2,1H3,(H,17,18);/q;;;;+3/p-3. The molecule has 14 heteroatoms. The average molecular weight is 1670 g/mol. The van der Waals surface area contributed by atoms with Crippen molar-refractivity contribution in [2.45, 2.75) is 581 Å². The van der Waals surface area contributed by atoms with Crippen LogP contribution in [0, 0.1) is 0 Å². The van der Waals surface area contributed by atoms with Crippen molar-refractivity contribution in [1.82, 2.24) is 0 Å². The Kier molecular flexibility index (Phi) is 95.3. The third-order valence-electron chi connectivity index (χ3n) is 22.1. The first-order valence-electron chi connectivity index (χ1n) is 49.1. The number of carbonyl (C=O) groups is 6. The molecule has 0 saturated carbocycles. The van der Waals surface area contributed by atoms with Crippen LogP contribution in [0.5, 0.6) is 0 Å². The van der Waals surface area contributed by atoms with Crippen molar-refractivity contribution in [1.29, 1.82) is 0 Å². The van der Waals surface area contributed by atoms with Gasteiger partial charge in [0.15, 0.2) is 0 Å². The molecule has 0 radical (unpaired) electrons.